The van der Waals surface area contributed by atoms with Crippen molar-refractivity contribution < 1.29 is 0 Å². The summed E-state index contributed by atoms with van der Waals surface area (Å²) in [7, 11) is 2.16. The van der Waals surface area contributed by atoms with Crippen molar-refractivity contribution in [2.45, 2.75) is 25.9 Å². The van der Waals surface area contributed by atoms with Crippen molar-refractivity contribution in [2.75, 3.05) is 26.7 Å². The van der Waals surface area contributed by atoms with Crippen LogP contribution in [0.25, 0.3) is 0 Å². The SMILES string of the molecule is CC(C)N=C(N)N1CCN(C)CC1c1ccccc1. The molecule has 1 aromatic carbocycles. The highest BCUT2D eigenvalue weighted by Crippen LogP contribution is 2.24. The number of nitrogens with zero attached hydrogens (tertiary/aromatic N) is 3. The molecule has 1 aromatic rings. The van der Waals surface area contributed by atoms with E-state index in [2.05, 4.69) is 60.0 Å². The molecule has 1 saturated heterocycles. The number of nitrogens with two attached hydrogens (primary N) is 1. The molecule has 0 bridgehead atoms. The minimum absolute atomic E-state index is 0.232. The minimum Gasteiger partial charge on any atom is -0.370 e. The molecule has 0 aliphatic carbocycles. The normalized spacial score (nSPS) is 22.0. The maximum atomic E-state index is 6.18. The van der Waals surface area contributed by atoms with E-state index >= 15 is 0 Å². The van der Waals surface area contributed by atoms with Gasteiger partial charge in [0.2, 0.25) is 0 Å². The van der Waals surface area contributed by atoms with Crippen LogP contribution in [0.2, 0.25) is 0 Å². The van der Waals surface area contributed by atoms with E-state index in [1.54, 1.807) is 0 Å². The second-order valence-electron chi connectivity index (χ2n) is 5.46. The molecule has 19 heavy (non-hydrogen) atoms. The van der Waals surface area contributed by atoms with Crippen LogP contribution in [0.5, 0.6) is 0 Å². The number of likely N-dealkylation sites (N-methyl/N-ethyl adjacent to an activating group) is 1. The molecule has 0 saturated carbocycles. The van der Waals surface area contributed by atoms with Crippen LogP contribution in [0, 0.1) is 0 Å². The molecule has 104 valence electrons. The molecule has 1 fully saturated rings. The fraction of sp³-hybridized carbons (Fsp3) is 0.533. The first-order valence-corrected chi connectivity index (χ1v) is 6.91. The topological polar surface area (TPSA) is 44.9 Å². The molecule has 1 unspecified atom stereocenters. The van der Waals surface area contributed by atoms with Gasteiger partial charge < -0.3 is 15.5 Å². The van der Waals surface area contributed by atoms with Crippen molar-refractivity contribution in [3.63, 3.8) is 0 Å². The number of hydrogen-bond acceptors (Lipinski definition) is 2. The molecular formula is C15H24N4. The first kappa shape index (κ1) is 13.9. The zero-order valence-corrected chi connectivity index (χ0v) is 12.1. The van der Waals surface area contributed by atoms with Gasteiger partial charge in [-0.15, -0.1) is 0 Å². The summed E-state index contributed by atoms with van der Waals surface area (Å²) in [4.78, 5) is 9.08. The Labute approximate surface area is 115 Å². The smallest absolute Gasteiger partial charge is 0.192 e. The maximum absolute atomic E-state index is 6.18. The monoisotopic (exact) mass is 260 g/mol. The largest absolute Gasteiger partial charge is 0.370 e. The molecule has 0 spiro atoms. The molecule has 0 amide bonds. The van der Waals surface area contributed by atoms with Gasteiger partial charge in [-0.05, 0) is 26.5 Å². The standard InChI is InChI=1S/C15H24N4/c1-12(2)17-15(16)19-10-9-18(3)11-14(19)13-7-5-4-6-8-13/h4-8,12,14H,9-11H2,1-3H3,(H2,16,17). The lowest BCUT2D eigenvalue weighted by Crippen LogP contribution is -2.52. The Morgan fingerprint density at radius 1 is 1.26 bits per heavy atom. The number of piperazine rings is 1. The van der Waals surface area contributed by atoms with Crippen LogP contribution >= 0.6 is 0 Å². The number of benzene rings is 1. The summed E-state index contributed by atoms with van der Waals surface area (Å²) in [6.07, 6.45) is 0. The molecule has 1 atom stereocenters. The van der Waals surface area contributed by atoms with Crippen molar-refractivity contribution in [2.24, 2.45) is 10.7 Å². The fourth-order valence-electron chi connectivity index (χ4n) is 2.49. The van der Waals surface area contributed by atoms with Crippen LogP contribution < -0.4 is 5.73 Å². The molecule has 1 aliphatic rings. The van der Waals surface area contributed by atoms with Crippen LogP contribution in [0.4, 0.5) is 0 Å². The van der Waals surface area contributed by atoms with Gasteiger partial charge in [0.15, 0.2) is 5.96 Å². The van der Waals surface area contributed by atoms with Crippen LogP contribution in [0.3, 0.4) is 0 Å². The predicted molar refractivity (Wildman–Crippen MR) is 80.1 cm³/mol. The van der Waals surface area contributed by atoms with Crippen LogP contribution in [-0.2, 0) is 0 Å². The average molecular weight is 260 g/mol. The van der Waals surface area contributed by atoms with Crippen molar-refractivity contribution in [1.82, 2.24) is 9.80 Å². The molecular weight excluding hydrogens is 236 g/mol. The van der Waals surface area contributed by atoms with Crippen LogP contribution in [0.1, 0.15) is 25.5 Å². The summed E-state index contributed by atoms with van der Waals surface area (Å²) in [5, 5.41) is 0. The Morgan fingerprint density at radius 3 is 2.58 bits per heavy atom. The molecule has 4 nitrogen and oxygen atoms in total. The van der Waals surface area contributed by atoms with Gasteiger partial charge in [0.1, 0.15) is 0 Å². The molecule has 4 heteroatoms. The number of hydrogen-bond donors (Lipinski definition) is 1. The Hall–Kier alpha value is -1.55. The van der Waals surface area contributed by atoms with E-state index in [9.17, 15) is 0 Å². The van der Waals surface area contributed by atoms with Gasteiger partial charge in [-0.2, -0.15) is 0 Å². The molecule has 2 N–H and O–H groups in total. The predicted octanol–water partition coefficient (Wildman–Crippen LogP) is 1.70. The van der Waals surface area contributed by atoms with Crippen molar-refractivity contribution in [1.29, 1.82) is 0 Å². The van der Waals surface area contributed by atoms with Gasteiger partial charge >= 0.3 is 0 Å². The van der Waals surface area contributed by atoms with E-state index in [1.165, 1.54) is 5.56 Å². The van der Waals surface area contributed by atoms with E-state index in [0.717, 1.165) is 19.6 Å². The molecule has 1 aliphatic heterocycles. The van der Waals surface area contributed by atoms with E-state index in [4.69, 9.17) is 5.73 Å². The van der Waals surface area contributed by atoms with Gasteiger partial charge in [-0.1, -0.05) is 30.3 Å². The van der Waals surface area contributed by atoms with Gasteiger partial charge in [0.25, 0.3) is 0 Å². The zero-order valence-electron chi connectivity index (χ0n) is 12.1. The van der Waals surface area contributed by atoms with Crippen LogP contribution in [-0.4, -0.2) is 48.5 Å². The highest BCUT2D eigenvalue weighted by Gasteiger charge is 2.27. The number of rotatable bonds is 2. The zero-order chi connectivity index (χ0) is 13.8. The first-order chi connectivity index (χ1) is 9.08. The van der Waals surface area contributed by atoms with E-state index in [1.807, 2.05) is 6.07 Å². The minimum atomic E-state index is 0.232. The number of guanidine groups is 1. The average Bonchev–Trinajstić information content (AvgIpc) is 2.38. The summed E-state index contributed by atoms with van der Waals surface area (Å²) in [6, 6.07) is 11.1. The van der Waals surface area contributed by atoms with E-state index in [0.29, 0.717) is 12.0 Å². The third kappa shape index (κ3) is 3.47. The summed E-state index contributed by atoms with van der Waals surface area (Å²) in [5.41, 5.74) is 7.48. The fourth-order valence-corrected chi connectivity index (χ4v) is 2.49. The quantitative estimate of drug-likeness (QED) is 0.650. The van der Waals surface area contributed by atoms with Gasteiger partial charge in [-0.25, -0.2) is 0 Å². The van der Waals surface area contributed by atoms with Crippen LogP contribution in [0.15, 0.2) is 35.3 Å². The Bertz CT molecular complexity index is 427. The first-order valence-electron chi connectivity index (χ1n) is 6.91. The van der Waals surface area contributed by atoms with Crippen molar-refractivity contribution >= 4 is 5.96 Å². The highest BCUT2D eigenvalue weighted by molar-refractivity contribution is 5.79. The summed E-state index contributed by atoms with van der Waals surface area (Å²) < 4.78 is 0. The highest BCUT2D eigenvalue weighted by atomic mass is 15.3. The van der Waals surface area contributed by atoms with Gasteiger partial charge in [0.05, 0.1) is 6.04 Å². The molecule has 2 rings (SSSR count). The Kier molecular flexibility index (Phi) is 4.43. The number of aliphatic imine (C=N–C) groups is 1. The van der Waals surface area contributed by atoms with Crippen molar-refractivity contribution in [3.8, 4) is 0 Å². The van der Waals surface area contributed by atoms with Gasteiger partial charge in [0, 0.05) is 25.7 Å². The second-order valence-corrected chi connectivity index (χ2v) is 5.46. The maximum Gasteiger partial charge on any atom is 0.192 e. The second kappa shape index (κ2) is 6.06. The lowest BCUT2D eigenvalue weighted by atomic mass is 10.0. The molecule has 0 aromatic heterocycles. The third-order valence-corrected chi connectivity index (χ3v) is 3.45. The van der Waals surface area contributed by atoms with E-state index in [-0.39, 0.29) is 6.04 Å². The summed E-state index contributed by atoms with van der Waals surface area (Å²) in [5.74, 6) is 0.664. The van der Waals surface area contributed by atoms with E-state index < -0.39 is 0 Å². The third-order valence-electron chi connectivity index (χ3n) is 3.45. The summed E-state index contributed by atoms with van der Waals surface area (Å²) >= 11 is 0. The Balaban J connectivity index is 2.25. The summed E-state index contributed by atoms with van der Waals surface area (Å²) in [6.45, 7) is 7.05. The Morgan fingerprint density at radius 2 is 1.95 bits per heavy atom. The molecule has 0 radical (unpaired) electrons. The molecule has 1 heterocycles. The lowest BCUT2D eigenvalue weighted by Gasteiger charge is -2.41. The lowest BCUT2D eigenvalue weighted by molar-refractivity contribution is 0.150. The van der Waals surface area contributed by atoms with Crippen molar-refractivity contribution in [3.05, 3.63) is 35.9 Å². The van der Waals surface area contributed by atoms with Gasteiger partial charge in [-0.3, -0.25) is 4.99 Å².